The number of aryl methyl sites for hydroxylation is 1. The summed E-state index contributed by atoms with van der Waals surface area (Å²) in [5, 5.41) is 7.53. The normalized spacial score (nSPS) is 11.2. The van der Waals surface area contributed by atoms with Crippen LogP contribution in [0.2, 0.25) is 0 Å². The first-order valence-electron chi connectivity index (χ1n) is 7.76. The van der Waals surface area contributed by atoms with Crippen LogP contribution < -0.4 is 24.8 Å². The van der Waals surface area contributed by atoms with Gasteiger partial charge in [0.25, 0.3) is 0 Å². The fourth-order valence-corrected chi connectivity index (χ4v) is 3.07. The van der Waals surface area contributed by atoms with Gasteiger partial charge in [0.05, 0.1) is 27.9 Å². The monoisotopic (exact) mass is 364 g/mol. The topological polar surface area (TPSA) is 77.0 Å². The molecular weight excluding hydrogens is 340 g/mol. The largest absolute Gasteiger partial charge is 0.493 e. The summed E-state index contributed by atoms with van der Waals surface area (Å²) in [7, 11) is 6.53. The second kappa shape index (κ2) is 9.12. The molecule has 1 aromatic heterocycles. The number of thiazole rings is 1. The van der Waals surface area contributed by atoms with Crippen molar-refractivity contribution in [2.75, 3.05) is 28.4 Å². The van der Waals surface area contributed by atoms with Gasteiger partial charge in [0.2, 0.25) is 5.75 Å². The number of methoxy groups -OCH3 is 3. The fraction of sp³-hybridized carbons (Fsp3) is 0.412. The van der Waals surface area contributed by atoms with Crippen molar-refractivity contribution in [2.24, 2.45) is 4.99 Å². The van der Waals surface area contributed by atoms with Crippen LogP contribution in [-0.2, 0) is 13.1 Å². The zero-order valence-electron chi connectivity index (χ0n) is 15.2. The van der Waals surface area contributed by atoms with E-state index in [1.165, 1.54) is 4.88 Å². The minimum absolute atomic E-state index is 0.528. The molecule has 0 atom stereocenters. The number of aliphatic imine (C=N–C) groups is 1. The van der Waals surface area contributed by atoms with E-state index in [4.69, 9.17) is 14.2 Å². The van der Waals surface area contributed by atoms with Gasteiger partial charge in [-0.2, -0.15) is 0 Å². The predicted octanol–water partition coefficient (Wildman–Crippen LogP) is 2.34. The molecular formula is C17H24N4O3S. The van der Waals surface area contributed by atoms with Gasteiger partial charge in [-0.1, -0.05) is 0 Å². The van der Waals surface area contributed by atoms with Gasteiger partial charge >= 0.3 is 0 Å². The first kappa shape index (κ1) is 18.9. The molecule has 0 aliphatic carbocycles. The lowest BCUT2D eigenvalue weighted by Crippen LogP contribution is -2.36. The Labute approximate surface area is 152 Å². The summed E-state index contributed by atoms with van der Waals surface area (Å²) >= 11 is 1.66. The van der Waals surface area contributed by atoms with Gasteiger partial charge in [-0.05, 0) is 19.1 Å². The summed E-state index contributed by atoms with van der Waals surface area (Å²) in [6.07, 6.45) is 1.87. The Morgan fingerprint density at radius 3 is 2.36 bits per heavy atom. The van der Waals surface area contributed by atoms with Gasteiger partial charge in [0.1, 0.15) is 5.01 Å². The third kappa shape index (κ3) is 4.76. The number of guanidine groups is 1. The molecule has 0 spiro atoms. The maximum absolute atomic E-state index is 5.49. The average Bonchev–Trinajstić information content (AvgIpc) is 3.06. The van der Waals surface area contributed by atoms with Crippen LogP contribution in [0.3, 0.4) is 0 Å². The van der Waals surface area contributed by atoms with Crippen LogP contribution in [0.1, 0.15) is 15.4 Å². The van der Waals surface area contributed by atoms with Crippen LogP contribution in [0.5, 0.6) is 17.2 Å². The molecule has 2 rings (SSSR count). The molecule has 0 unspecified atom stereocenters. The maximum atomic E-state index is 5.49. The molecule has 0 amide bonds. The molecule has 0 aliphatic rings. The number of benzene rings is 1. The van der Waals surface area contributed by atoms with Crippen molar-refractivity contribution < 1.29 is 14.2 Å². The van der Waals surface area contributed by atoms with Crippen LogP contribution >= 0.6 is 11.3 Å². The Balaban J connectivity index is 2.03. The van der Waals surface area contributed by atoms with E-state index in [1.807, 2.05) is 25.3 Å². The van der Waals surface area contributed by atoms with E-state index in [1.54, 1.807) is 39.7 Å². The van der Waals surface area contributed by atoms with Crippen molar-refractivity contribution in [1.82, 2.24) is 15.6 Å². The zero-order valence-corrected chi connectivity index (χ0v) is 16.0. The Hall–Kier alpha value is -2.48. The molecule has 0 aliphatic heterocycles. The summed E-state index contributed by atoms with van der Waals surface area (Å²) in [5.74, 6) is 2.53. The minimum atomic E-state index is 0.528. The predicted molar refractivity (Wildman–Crippen MR) is 100.0 cm³/mol. The molecule has 0 saturated carbocycles. The number of hydrogen-bond donors (Lipinski definition) is 2. The summed E-state index contributed by atoms with van der Waals surface area (Å²) in [4.78, 5) is 9.75. The summed E-state index contributed by atoms with van der Waals surface area (Å²) in [5.41, 5.74) is 0.938. The Morgan fingerprint density at radius 1 is 1.08 bits per heavy atom. The highest BCUT2D eigenvalue weighted by molar-refractivity contribution is 7.11. The number of aromatic nitrogens is 1. The third-order valence-electron chi connectivity index (χ3n) is 3.53. The first-order valence-corrected chi connectivity index (χ1v) is 8.58. The molecule has 25 heavy (non-hydrogen) atoms. The Morgan fingerprint density at radius 2 is 1.80 bits per heavy atom. The standard InChI is InChI=1S/C17H24N4O3S/c1-11-8-19-14(25-11)10-21-17(18-2)20-9-12-6-7-13(22-3)16(24-5)15(12)23-4/h6-8H,9-10H2,1-5H3,(H2,18,20,21). The second-order valence-corrected chi connectivity index (χ2v) is 6.46. The van der Waals surface area contributed by atoms with Crippen molar-refractivity contribution >= 4 is 17.3 Å². The minimum Gasteiger partial charge on any atom is -0.493 e. The van der Waals surface area contributed by atoms with Crippen molar-refractivity contribution in [1.29, 1.82) is 0 Å². The van der Waals surface area contributed by atoms with Gasteiger partial charge in [0, 0.05) is 30.2 Å². The number of nitrogens with one attached hydrogen (secondary N) is 2. The Bertz CT molecular complexity index is 731. The molecule has 0 fully saturated rings. The van der Waals surface area contributed by atoms with Crippen LogP contribution in [0, 0.1) is 6.92 Å². The highest BCUT2D eigenvalue weighted by atomic mass is 32.1. The summed E-state index contributed by atoms with van der Waals surface area (Å²) in [6, 6.07) is 3.79. The molecule has 8 heteroatoms. The molecule has 1 heterocycles. The van der Waals surface area contributed by atoms with E-state index in [-0.39, 0.29) is 0 Å². The highest BCUT2D eigenvalue weighted by Crippen LogP contribution is 2.39. The number of nitrogens with zero attached hydrogens (tertiary/aromatic N) is 2. The van der Waals surface area contributed by atoms with E-state index in [0.717, 1.165) is 10.6 Å². The smallest absolute Gasteiger partial charge is 0.203 e. The molecule has 136 valence electrons. The van der Waals surface area contributed by atoms with Crippen LogP contribution in [0.4, 0.5) is 0 Å². The lowest BCUT2D eigenvalue weighted by atomic mass is 10.1. The number of ether oxygens (including phenoxy) is 3. The lowest BCUT2D eigenvalue weighted by molar-refractivity contribution is 0.322. The zero-order chi connectivity index (χ0) is 18.2. The number of hydrogen-bond acceptors (Lipinski definition) is 6. The van der Waals surface area contributed by atoms with Gasteiger partial charge in [-0.3, -0.25) is 4.99 Å². The molecule has 2 aromatic rings. The second-order valence-electron chi connectivity index (χ2n) is 5.14. The van der Waals surface area contributed by atoms with Crippen molar-refractivity contribution in [3.05, 3.63) is 33.8 Å². The van der Waals surface area contributed by atoms with Gasteiger partial charge in [-0.25, -0.2) is 4.98 Å². The van der Waals surface area contributed by atoms with Crippen molar-refractivity contribution in [2.45, 2.75) is 20.0 Å². The fourth-order valence-electron chi connectivity index (χ4n) is 2.34. The molecule has 1 aromatic carbocycles. The SMILES string of the molecule is CN=C(NCc1ncc(C)s1)NCc1ccc(OC)c(OC)c1OC. The lowest BCUT2D eigenvalue weighted by Gasteiger charge is -2.17. The molecule has 0 saturated heterocycles. The average molecular weight is 364 g/mol. The first-order chi connectivity index (χ1) is 12.1. The quantitative estimate of drug-likeness (QED) is 0.580. The summed E-state index contributed by atoms with van der Waals surface area (Å²) < 4.78 is 16.2. The van der Waals surface area contributed by atoms with Crippen LogP contribution in [0.15, 0.2) is 23.3 Å². The molecule has 2 N–H and O–H groups in total. The summed E-state index contributed by atoms with van der Waals surface area (Å²) in [6.45, 7) is 3.19. The maximum Gasteiger partial charge on any atom is 0.203 e. The van der Waals surface area contributed by atoms with Crippen molar-refractivity contribution in [3.63, 3.8) is 0 Å². The van der Waals surface area contributed by atoms with E-state index in [2.05, 4.69) is 20.6 Å². The van der Waals surface area contributed by atoms with Gasteiger partial charge in [-0.15, -0.1) is 11.3 Å². The number of rotatable bonds is 7. The van der Waals surface area contributed by atoms with Gasteiger partial charge in [0.15, 0.2) is 17.5 Å². The molecule has 0 bridgehead atoms. The van der Waals surface area contributed by atoms with E-state index < -0.39 is 0 Å². The van der Waals surface area contributed by atoms with Crippen LogP contribution in [-0.4, -0.2) is 39.3 Å². The van der Waals surface area contributed by atoms with Gasteiger partial charge < -0.3 is 24.8 Å². The third-order valence-corrected chi connectivity index (χ3v) is 4.44. The van der Waals surface area contributed by atoms with E-state index >= 15 is 0 Å². The van der Waals surface area contributed by atoms with E-state index in [9.17, 15) is 0 Å². The van der Waals surface area contributed by atoms with E-state index in [0.29, 0.717) is 36.3 Å². The highest BCUT2D eigenvalue weighted by Gasteiger charge is 2.15. The van der Waals surface area contributed by atoms with Crippen molar-refractivity contribution in [3.8, 4) is 17.2 Å². The van der Waals surface area contributed by atoms with Crippen LogP contribution in [0.25, 0.3) is 0 Å². The molecule has 7 nitrogen and oxygen atoms in total. The Kier molecular flexibility index (Phi) is 6.88. The molecule has 0 radical (unpaired) electrons.